The summed E-state index contributed by atoms with van der Waals surface area (Å²) >= 11 is 9.53. The van der Waals surface area contributed by atoms with Crippen LogP contribution in [0.15, 0.2) is 30.3 Å². The Kier molecular flexibility index (Phi) is 8.21. The molecule has 0 bridgehead atoms. The van der Waals surface area contributed by atoms with Crippen LogP contribution in [0, 0.1) is 34.6 Å². The molecule has 0 atom stereocenters. The van der Waals surface area contributed by atoms with Gasteiger partial charge >= 0.3 is 0 Å². The maximum absolute atomic E-state index is 12.4. The molecule has 0 aliphatic rings. The summed E-state index contributed by atoms with van der Waals surface area (Å²) in [7, 11) is 0. The maximum Gasteiger partial charge on any atom is 0.189 e. The molecule has 0 amide bonds. The van der Waals surface area contributed by atoms with E-state index in [0.29, 0.717) is 5.56 Å². The third-order valence-corrected chi connectivity index (χ3v) is 4.08. The number of aromatic hydroxyl groups is 1. The highest BCUT2D eigenvalue weighted by molar-refractivity contribution is 6.40. The van der Waals surface area contributed by atoms with Crippen LogP contribution in [0.3, 0.4) is 0 Å². The fourth-order valence-electron chi connectivity index (χ4n) is 2.69. The van der Waals surface area contributed by atoms with Crippen LogP contribution in [0.1, 0.15) is 43.7 Å². The van der Waals surface area contributed by atoms with Crippen molar-refractivity contribution in [2.45, 2.75) is 34.6 Å². The number of ketones is 1. The molecule has 0 aliphatic heterocycles. The van der Waals surface area contributed by atoms with Crippen LogP contribution in [-0.4, -0.2) is 16.2 Å². The summed E-state index contributed by atoms with van der Waals surface area (Å²) in [5.41, 5.74) is 6.81. The number of hydrogen-bond donors (Lipinski definition) is 1. The highest BCUT2D eigenvalue weighted by Crippen LogP contribution is 2.24. The number of phenols is 1. The Morgan fingerprint density at radius 1 is 0.960 bits per heavy atom. The number of benzene rings is 2. The fourth-order valence-corrected chi connectivity index (χ4v) is 2.69. The molecule has 0 aliphatic carbocycles. The van der Waals surface area contributed by atoms with Crippen LogP contribution in [0.4, 0.5) is 0 Å². The SMILES string of the molecule is Cc1cc(C)c(C(=O)/C=C/c2cc(C)c(C)c(C)c2)c(O)c1.ClCCl. The van der Waals surface area contributed by atoms with E-state index in [9.17, 15) is 9.90 Å². The molecule has 0 radical (unpaired) electrons. The Bertz CT molecular complexity index is 746. The first-order chi connectivity index (χ1) is 11.7. The van der Waals surface area contributed by atoms with Crippen molar-refractivity contribution in [3.63, 3.8) is 0 Å². The van der Waals surface area contributed by atoms with Crippen molar-refractivity contribution < 1.29 is 9.90 Å². The molecule has 2 aromatic carbocycles. The molecule has 0 heterocycles. The topological polar surface area (TPSA) is 37.3 Å². The van der Waals surface area contributed by atoms with Crippen molar-refractivity contribution in [3.8, 4) is 5.75 Å². The average molecular weight is 379 g/mol. The predicted octanol–water partition coefficient (Wildman–Crippen LogP) is 6.25. The summed E-state index contributed by atoms with van der Waals surface area (Å²) in [6.07, 6.45) is 3.33. The zero-order valence-corrected chi connectivity index (χ0v) is 16.8. The van der Waals surface area contributed by atoms with Gasteiger partial charge in [0.1, 0.15) is 5.75 Å². The molecule has 0 saturated carbocycles. The van der Waals surface area contributed by atoms with Crippen molar-refractivity contribution in [1.82, 2.24) is 0 Å². The van der Waals surface area contributed by atoms with Crippen LogP contribution in [0.5, 0.6) is 5.75 Å². The second kappa shape index (κ2) is 9.65. The minimum absolute atomic E-state index is 0.0448. The van der Waals surface area contributed by atoms with E-state index in [1.165, 1.54) is 22.8 Å². The van der Waals surface area contributed by atoms with Gasteiger partial charge in [0.25, 0.3) is 0 Å². The smallest absolute Gasteiger partial charge is 0.189 e. The largest absolute Gasteiger partial charge is 0.507 e. The third kappa shape index (κ3) is 5.91. The van der Waals surface area contributed by atoms with Gasteiger partial charge in [-0.3, -0.25) is 4.79 Å². The number of halogens is 2. The first kappa shape index (κ1) is 21.3. The summed E-state index contributed by atoms with van der Waals surface area (Å²) in [4.78, 5) is 12.4. The Balaban J connectivity index is 0.000000970. The molecule has 0 unspecified atom stereocenters. The van der Waals surface area contributed by atoms with Crippen molar-refractivity contribution in [2.75, 3.05) is 5.34 Å². The van der Waals surface area contributed by atoms with Gasteiger partial charge in [-0.1, -0.05) is 24.3 Å². The first-order valence-corrected chi connectivity index (χ1v) is 9.00. The van der Waals surface area contributed by atoms with Crippen LogP contribution in [0.25, 0.3) is 6.08 Å². The zero-order chi connectivity index (χ0) is 19.1. The number of hydrogen-bond acceptors (Lipinski definition) is 2. The number of alkyl halides is 2. The second-order valence-corrected chi connectivity index (χ2v) is 6.86. The highest BCUT2D eigenvalue weighted by Gasteiger charge is 2.12. The van der Waals surface area contributed by atoms with Gasteiger partial charge in [-0.25, -0.2) is 0 Å². The lowest BCUT2D eigenvalue weighted by molar-refractivity contribution is 0.104. The number of rotatable bonds is 3. The summed E-state index contributed by atoms with van der Waals surface area (Å²) in [6, 6.07) is 7.65. The van der Waals surface area contributed by atoms with E-state index in [-0.39, 0.29) is 16.9 Å². The minimum Gasteiger partial charge on any atom is -0.507 e. The summed E-state index contributed by atoms with van der Waals surface area (Å²) < 4.78 is 0. The Morgan fingerprint density at radius 3 is 1.96 bits per heavy atom. The van der Waals surface area contributed by atoms with Gasteiger partial charge in [0.15, 0.2) is 5.78 Å². The molecule has 2 aromatic rings. The molecule has 2 nitrogen and oxygen atoms in total. The number of carbonyl (C=O) groups is 1. The van der Waals surface area contributed by atoms with Crippen molar-refractivity contribution in [3.05, 3.63) is 69.3 Å². The maximum atomic E-state index is 12.4. The molecule has 1 N–H and O–H groups in total. The molecule has 0 spiro atoms. The third-order valence-electron chi connectivity index (χ3n) is 4.08. The van der Waals surface area contributed by atoms with Gasteiger partial charge in [-0.2, -0.15) is 0 Å². The number of phenolic OH excluding ortho intramolecular Hbond substituents is 1. The normalized spacial score (nSPS) is 10.5. The standard InChI is InChI=1S/C20H22O2.CH2Cl2/c1-12-8-15(4)20(19(22)9-12)18(21)7-6-17-10-13(2)16(5)14(3)11-17;2-1-3/h6-11,22H,1-5H3;1H2/b7-6+;. The van der Waals surface area contributed by atoms with Gasteiger partial charge in [-0.15, -0.1) is 23.2 Å². The number of aryl methyl sites for hydroxylation is 4. The molecular formula is C21H24Cl2O2. The first-order valence-electron chi connectivity index (χ1n) is 7.93. The Hall–Kier alpha value is -1.77. The lowest BCUT2D eigenvalue weighted by Crippen LogP contribution is -1.99. The summed E-state index contributed by atoms with van der Waals surface area (Å²) in [5.74, 6) is -0.130. The lowest BCUT2D eigenvalue weighted by Gasteiger charge is -2.08. The number of allylic oxidation sites excluding steroid dienone is 1. The molecule has 0 saturated heterocycles. The van der Waals surface area contributed by atoms with Crippen molar-refractivity contribution >= 4 is 35.1 Å². The van der Waals surface area contributed by atoms with Gasteiger partial charge in [-0.05, 0) is 80.1 Å². The van der Waals surface area contributed by atoms with Gasteiger partial charge in [0.2, 0.25) is 0 Å². The monoisotopic (exact) mass is 378 g/mol. The zero-order valence-electron chi connectivity index (χ0n) is 15.3. The predicted molar refractivity (Wildman–Crippen MR) is 108 cm³/mol. The molecule has 134 valence electrons. The van der Waals surface area contributed by atoms with E-state index in [4.69, 9.17) is 23.2 Å². The second-order valence-electron chi connectivity index (χ2n) is 6.05. The molecule has 2 rings (SSSR count). The van der Waals surface area contributed by atoms with E-state index in [1.807, 2.05) is 19.9 Å². The Morgan fingerprint density at radius 2 is 1.48 bits per heavy atom. The fraction of sp³-hybridized carbons (Fsp3) is 0.286. The molecule has 0 fully saturated rings. The lowest BCUT2D eigenvalue weighted by atomic mass is 9.98. The van der Waals surface area contributed by atoms with Crippen LogP contribution < -0.4 is 0 Å². The van der Waals surface area contributed by atoms with Crippen molar-refractivity contribution in [1.29, 1.82) is 0 Å². The molecule has 25 heavy (non-hydrogen) atoms. The van der Waals surface area contributed by atoms with Crippen LogP contribution in [0.2, 0.25) is 0 Å². The number of carbonyl (C=O) groups excluding carboxylic acids is 1. The Labute approximate surface area is 160 Å². The molecular weight excluding hydrogens is 355 g/mol. The van der Waals surface area contributed by atoms with E-state index in [1.54, 1.807) is 12.1 Å². The molecule has 4 heteroatoms. The van der Waals surface area contributed by atoms with Crippen LogP contribution in [-0.2, 0) is 0 Å². The van der Waals surface area contributed by atoms with Gasteiger partial charge in [0.05, 0.1) is 10.9 Å². The van der Waals surface area contributed by atoms with Gasteiger partial charge in [0, 0.05) is 0 Å². The van der Waals surface area contributed by atoms with Crippen LogP contribution >= 0.6 is 23.2 Å². The van der Waals surface area contributed by atoms with Gasteiger partial charge < -0.3 is 5.11 Å². The summed E-state index contributed by atoms with van der Waals surface area (Å²) in [5, 5.41) is 10.2. The van der Waals surface area contributed by atoms with E-state index in [0.717, 1.165) is 16.7 Å². The van der Waals surface area contributed by atoms with E-state index < -0.39 is 0 Å². The summed E-state index contributed by atoms with van der Waals surface area (Å²) in [6.45, 7) is 9.97. The molecule has 0 aromatic heterocycles. The highest BCUT2D eigenvalue weighted by atomic mass is 35.5. The van der Waals surface area contributed by atoms with Crippen molar-refractivity contribution in [2.24, 2.45) is 0 Å². The van der Waals surface area contributed by atoms with E-state index in [2.05, 4.69) is 32.9 Å². The quantitative estimate of drug-likeness (QED) is 0.389. The average Bonchev–Trinajstić information content (AvgIpc) is 2.50. The minimum atomic E-state index is -0.175. The van der Waals surface area contributed by atoms with E-state index >= 15 is 0 Å².